The van der Waals surface area contributed by atoms with Gasteiger partial charge in [0.15, 0.2) is 0 Å². The van der Waals surface area contributed by atoms with Gasteiger partial charge in [-0.05, 0) is 6.92 Å². The van der Waals surface area contributed by atoms with Gasteiger partial charge in [0.2, 0.25) is 0 Å². The molecule has 0 amide bonds. The van der Waals surface area contributed by atoms with Crippen LogP contribution < -0.4 is 0 Å². The molecular formula is C2H10MgO5S. The van der Waals surface area contributed by atoms with Gasteiger partial charge in [0.1, 0.15) is 0 Å². The van der Waals surface area contributed by atoms with Gasteiger partial charge in [-0.2, -0.15) is 8.42 Å². The standard InChI is InChI=1S/C2H6O.Mg.H2O4S.2H/c1-2-3;;1-5(2,3)4;;/h3H,2H2,1H3;;(H2,1,2,3,4);;/q;+2;;2*-1. The van der Waals surface area contributed by atoms with E-state index >= 15 is 0 Å². The van der Waals surface area contributed by atoms with Crippen molar-refractivity contribution in [1.82, 2.24) is 0 Å². The number of aliphatic hydroxyl groups excluding tert-OH is 1. The monoisotopic (exact) mass is 170 g/mol. The molecule has 7 heteroatoms. The van der Waals surface area contributed by atoms with Gasteiger partial charge >= 0.3 is 33.5 Å². The van der Waals surface area contributed by atoms with E-state index in [0.717, 1.165) is 0 Å². The van der Waals surface area contributed by atoms with Gasteiger partial charge in [0.05, 0.1) is 0 Å². The first-order valence-electron chi connectivity index (χ1n) is 1.72. The Kier molecular flexibility index (Phi) is 15.6. The fourth-order valence-electron chi connectivity index (χ4n) is 0. The zero-order chi connectivity index (χ0) is 7.21. The normalized spacial score (nSPS) is 8.44. The SMILES string of the molecule is CCO.O=S(=O)(O)O.[H-].[H-].[Mg+2]. The van der Waals surface area contributed by atoms with Crippen LogP contribution in [0.3, 0.4) is 0 Å². The van der Waals surface area contributed by atoms with Crippen molar-refractivity contribution in [2.45, 2.75) is 6.92 Å². The van der Waals surface area contributed by atoms with Crippen LogP contribution in [0.4, 0.5) is 0 Å². The van der Waals surface area contributed by atoms with Crippen molar-refractivity contribution in [3.05, 3.63) is 0 Å². The van der Waals surface area contributed by atoms with Crippen LogP contribution in [0.5, 0.6) is 0 Å². The molecule has 5 nitrogen and oxygen atoms in total. The third-order valence-electron chi connectivity index (χ3n) is 0. The summed E-state index contributed by atoms with van der Waals surface area (Å²) in [6.07, 6.45) is 0. The maximum absolute atomic E-state index is 8.74. The Labute approximate surface area is 72.8 Å². The number of rotatable bonds is 0. The minimum Gasteiger partial charge on any atom is -1.00 e. The Hall–Kier alpha value is 0.596. The van der Waals surface area contributed by atoms with Crippen LogP contribution in [-0.4, -0.2) is 52.3 Å². The molecule has 0 aromatic carbocycles. The van der Waals surface area contributed by atoms with Gasteiger partial charge in [-0.25, -0.2) is 0 Å². The molecule has 0 aromatic heterocycles. The molecule has 3 N–H and O–H groups in total. The van der Waals surface area contributed by atoms with Gasteiger partial charge < -0.3 is 7.96 Å². The van der Waals surface area contributed by atoms with Crippen molar-refractivity contribution in [3.8, 4) is 0 Å². The fourth-order valence-corrected chi connectivity index (χ4v) is 0. The predicted molar refractivity (Wildman–Crippen MR) is 34.9 cm³/mol. The molecule has 0 radical (unpaired) electrons. The maximum Gasteiger partial charge on any atom is 2.00 e. The molecule has 0 bridgehead atoms. The summed E-state index contributed by atoms with van der Waals surface area (Å²) in [5.41, 5.74) is 0. The van der Waals surface area contributed by atoms with E-state index in [1.165, 1.54) is 0 Å². The van der Waals surface area contributed by atoms with Crippen molar-refractivity contribution in [1.29, 1.82) is 0 Å². The minimum absolute atomic E-state index is 0. The van der Waals surface area contributed by atoms with E-state index in [-0.39, 0.29) is 32.5 Å². The van der Waals surface area contributed by atoms with Crippen LogP contribution in [0.25, 0.3) is 0 Å². The van der Waals surface area contributed by atoms with E-state index in [2.05, 4.69) is 0 Å². The number of hydrogen-bond acceptors (Lipinski definition) is 3. The minimum atomic E-state index is -4.67. The van der Waals surface area contributed by atoms with Crippen molar-refractivity contribution in [2.75, 3.05) is 6.61 Å². The summed E-state index contributed by atoms with van der Waals surface area (Å²) in [7, 11) is -4.67. The van der Waals surface area contributed by atoms with Crippen LogP contribution in [0.15, 0.2) is 0 Å². The third kappa shape index (κ3) is 1050. The summed E-state index contributed by atoms with van der Waals surface area (Å²) < 4.78 is 31.6. The molecule has 0 aliphatic rings. The predicted octanol–water partition coefficient (Wildman–Crippen LogP) is -0.810. The summed E-state index contributed by atoms with van der Waals surface area (Å²) >= 11 is 0. The van der Waals surface area contributed by atoms with Gasteiger partial charge in [-0.1, -0.05) is 0 Å². The Morgan fingerprint density at radius 2 is 1.44 bits per heavy atom. The number of hydrogen-bond donors (Lipinski definition) is 3. The summed E-state index contributed by atoms with van der Waals surface area (Å²) in [5, 5.41) is 7.57. The molecular weight excluding hydrogens is 160 g/mol. The van der Waals surface area contributed by atoms with Crippen LogP contribution in [-0.2, 0) is 10.4 Å². The molecule has 0 saturated carbocycles. The van der Waals surface area contributed by atoms with Crippen molar-refractivity contribution < 1.29 is 25.5 Å². The molecule has 9 heavy (non-hydrogen) atoms. The van der Waals surface area contributed by atoms with Gasteiger partial charge in [0, 0.05) is 6.61 Å². The molecule has 0 spiro atoms. The zero-order valence-electron chi connectivity index (χ0n) is 6.98. The Morgan fingerprint density at radius 3 is 1.44 bits per heavy atom. The molecule has 0 aliphatic heterocycles. The van der Waals surface area contributed by atoms with Crippen LogP contribution in [0.2, 0.25) is 0 Å². The summed E-state index contributed by atoms with van der Waals surface area (Å²) in [5.74, 6) is 0. The number of aliphatic hydroxyl groups is 1. The molecule has 0 unspecified atom stereocenters. The molecule has 0 fully saturated rings. The molecule has 0 heterocycles. The van der Waals surface area contributed by atoms with Crippen LogP contribution >= 0.6 is 0 Å². The zero-order valence-corrected chi connectivity index (χ0v) is 7.21. The van der Waals surface area contributed by atoms with Gasteiger partial charge in [-0.3, -0.25) is 9.11 Å². The first-order valence-corrected chi connectivity index (χ1v) is 3.12. The Morgan fingerprint density at radius 1 is 1.44 bits per heavy atom. The Bertz CT molecular complexity index is 116. The summed E-state index contributed by atoms with van der Waals surface area (Å²) in [6.45, 7) is 1.93. The molecule has 0 aromatic rings. The molecule has 0 aliphatic carbocycles. The van der Waals surface area contributed by atoms with E-state index in [0.29, 0.717) is 0 Å². The van der Waals surface area contributed by atoms with E-state index in [1.54, 1.807) is 6.92 Å². The second-order valence-corrected chi connectivity index (χ2v) is 1.66. The van der Waals surface area contributed by atoms with Crippen LogP contribution in [0.1, 0.15) is 9.78 Å². The maximum atomic E-state index is 8.74. The first-order chi connectivity index (χ1) is 3.41. The van der Waals surface area contributed by atoms with Crippen LogP contribution in [0, 0.1) is 0 Å². The van der Waals surface area contributed by atoms with Gasteiger partial charge in [-0.15, -0.1) is 0 Å². The second-order valence-electron chi connectivity index (χ2n) is 0.764. The molecule has 0 rings (SSSR count). The van der Waals surface area contributed by atoms with Crippen molar-refractivity contribution >= 4 is 33.5 Å². The average molecular weight is 170 g/mol. The second kappa shape index (κ2) is 8.60. The van der Waals surface area contributed by atoms with Crippen molar-refractivity contribution in [2.24, 2.45) is 0 Å². The average Bonchev–Trinajstić information content (AvgIpc) is 1.27. The Balaban J connectivity index is -0.0000000183. The van der Waals surface area contributed by atoms with E-state index in [4.69, 9.17) is 22.6 Å². The quantitative estimate of drug-likeness (QED) is 0.326. The molecule has 56 valence electrons. The van der Waals surface area contributed by atoms with E-state index in [9.17, 15) is 0 Å². The van der Waals surface area contributed by atoms with Crippen molar-refractivity contribution in [3.63, 3.8) is 0 Å². The summed E-state index contributed by atoms with van der Waals surface area (Å²) in [4.78, 5) is 0. The van der Waals surface area contributed by atoms with Gasteiger partial charge in [0.25, 0.3) is 0 Å². The molecule has 0 atom stereocenters. The fraction of sp³-hybridized carbons (Fsp3) is 1.00. The largest absolute Gasteiger partial charge is 2.00 e. The molecule has 0 saturated heterocycles. The first kappa shape index (κ1) is 16.3. The van der Waals surface area contributed by atoms with E-state index < -0.39 is 10.4 Å². The smallest absolute Gasteiger partial charge is 1.00 e. The van der Waals surface area contributed by atoms with E-state index in [1.807, 2.05) is 0 Å². The topological polar surface area (TPSA) is 94.8 Å². The summed E-state index contributed by atoms with van der Waals surface area (Å²) in [6, 6.07) is 0. The third-order valence-corrected chi connectivity index (χ3v) is 0.